The van der Waals surface area contributed by atoms with E-state index < -0.39 is 0 Å². The van der Waals surface area contributed by atoms with Crippen molar-refractivity contribution in [3.63, 3.8) is 0 Å². The third-order valence-electron chi connectivity index (χ3n) is 3.29. The molecule has 0 radical (unpaired) electrons. The Morgan fingerprint density at radius 1 is 1.09 bits per heavy atom. The lowest BCUT2D eigenvalue weighted by Crippen LogP contribution is -2.20. The van der Waals surface area contributed by atoms with Crippen molar-refractivity contribution in [2.75, 3.05) is 0 Å². The van der Waals surface area contributed by atoms with Gasteiger partial charge in [-0.15, -0.1) is 0 Å². The van der Waals surface area contributed by atoms with Crippen molar-refractivity contribution < 1.29 is 4.79 Å². The van der Waals surface area contributed by atoms with Gasteiger partial charge in [-0.1, -0.05) is 55.8 Å². The Morgan fingerprint density at radius 3 is 2.45 bits per heavy atom. The zero-order chi connectivity index (χ0) is 15.8. The summed E-state index contributed by atoms with van der Waals surface area (Å²) < 4.78 is 0.762. The zero-order valence-electron chi connectivity index (χ0n) is 12.6. The van der Waals surface area contributed by atoms with Gasteiger partial charge in [0.05, 0.1) is 11.3 Å². The van der Waals surface area contributed by atoms with Crippen molar-refractivity contribution in [2.24, 2.45) is 5.10 Å². The Labute approximate surface area is 139 Å². The lowest BCUT2D eigenvalue weighted by molar-refractivity contribution is 0.0954. The molecule has 0 aliphatic heterocycles. The van der Waals surface area contributed by atoms with Crippen LogP contribution in [0.25, 0.3) is 0 Å². The monoisotopic (exact) mass is 358 g/mol. The van der Waals surface area contributed by atoms with E-state index >= 15 is 0 Å². The summed E-state index contributed by atoms with van der Waals surface area (Å²) in [5.41, 5.74) is 5.19. The van der Waals surface area contributed by atoms with Gasteiger partial charge in [0.1, 0.15) is 0 Å². The number of amides is 1. The van der Waals surface area contributed by atoms with Gasteiger partial charge in [-0.2, -0.15) is 5.10 Å². The highest BCUT2D eigenvalue weighted by Gasteiger charge is 2.09. The molecule has 0 fully saturated rings. The average Bonchev–Trinajstić information content (AvgIpc) is 2.56. The van der Waals surface area contributed by atoms with Crippen LogP contribution in [-0.4, -0.2) is 11.6 Å². The maximum absolute atomic E-state index is 12.2. The summed E-state index contributed by atoms with van der Waals surface area (Å²) in [5.74, 6) is -0.211. The van der Waals surface area contributed by atoms with E-state index in [4.69, 9.17) is 0 Å². The normalized spacial score (nSPS) is 11.3. The van der Waals surface area contributed by atoms with Crippen molar-refractivity contribution in [3.05, 3.63) is 70.2 Å². The van der Waals surface area contributed by atoms with Gasteiger partial charge in [0.2, 0.25) is 0 Å². The van der Waals surface area contributed by atoms with Gasteiger partial charge in [0, 0.05) is 4.47 Å². The molecule has 2 aromatic rings. The van der Waals surface area contributed by atoms with Gasteiger partial charge in [-0.25, -0.2) is 5.43 Å². The predicted octanol–water partition coefficient (Wildman–Crippen LogP) is 4.77. The third kappa shape index (κ3) is 4.53. The van der Waals surface area contributed by atoms with Crippen molar-refractivity contribution >= 4 is 27.5 Å². The van der Waals surface area contributed by atoms with E-state index in [0.29, 0.717) is 5.56 Å². The molecule has 0 saturated heterocycles. The number of carbonyl (C=O) groups excluding carboxylic acids is 1. The Kier molecular flexibility index (Phi) is 6.34. The second kappa shape index (κ2) is 8.49. The fourth-order valence-electron chi connectivity index (χ4n) is 2.06. The Morgan fingerprint density at radius 2 is 1.77 bits per heavy atom. The van der Waals surface area contributed by atoms with Crippen molar-refractivity contribution in [2.45, 2.75) is 26.2 Å². The van der Waals surface area contributed by atoms with Gasteiger partial charge in [-0.3, -0.25) is 4.79 Å². The summed E-state index contributed by atoms with van der Waals surface area (Å²) in [4.78, 5) is 12.2. The van der Waals surface area contributed by atoms with Gasteiger partial charge >= 0.3 is 0 Å². The number of hydrogen-bond acceptors (Lipinski definition) is 2. The number of halogens is 1. The van der Waals surface area contributed by atoms with E-state index in [1.165, 1.54) is 0 Å². The molecule has 0 aliphatic carbocycles. The van der Waals surface area contributed by atoms with Gasteiger partial charge in [0.15, 0.2) is 0 Å². The number of nitrogens with zero attached hydrogens (tertiary/aromatic N) is 1. The first-order valence-corrected chi connectivity index (χ1v) is 8.18. The highest BCUT2D eigenvalue weighted by molar-refractivity contribution is 9.10. The quantitative estimate of drug-likeness (QED) is 0.586. The van der Waals surface area contributed by atoms with E-state index in [-0.39, 0.29) is 5.91 Å². The molecule has 0 aliphatic rings. The second-order valence-corrected chi connectivity index (χ2v) is 5.80. The maximum Gasteiger partial charge on any atom is 0.272 e. The summed E-state index contributed by atoms with van der Waals surface area (Å²) in [7, 11) is 0. The van der Waals surface area contributed by atoms with E-state index in [9.17, 15) is 4.79 Å². The first-order chi connectivity index (χ1) is 10.7. The number of hydrazone groups is 1. The van der Waals surface area contributed by atoms with Crippen LogP contribution in [0.4, 0.5) is 0 Å². The number of carbonyl (C=O) groups is 1. The molecule has 22 heavy (non-hydrogen) atoms. The minimum absolute atomic E-state index is 0.211. The minimum atomic E-state index is -0.211. The smallest absolute Gasteiger partial charge is 0.267 e. The number of unbranched alkanes of at least 4 members (excludes halogenated alkanes) is 1. The topological polar surface area (TPSA) is 41.5 Å². The molecular weight excluding hydrogens is 340 g/mol. The highest BCUT2D eigenvalue weighted by atomic mass is 79.9. The van der Waals surface area contributed by atoms with Crippen LogP contribution >= 0.6 is 15.9 Å². The lowest BCUT2D eigenvalue weighted by atomic mass is 10.1. The zero-order valence-corrected chi connectivity index (χ0v) is 14.1. The van der Waals surface area contributed by atoms with Crippen LogP contribution in [0.1, 0.15) is 42.1 Å². The predicted molar refractivity (Wildman–Crippen MR) is 94.1 cm³/mol. The summed E-state index contributed by atoms with van der Waals surface area (Å²) in [6.07, 6.45) is 2.97. The maximum atomic E-state index is 12.2. The summed E-state index contributed by atoms with van der Waals surface area (Å²) in [6.45, 7) is 2.14. The molecule has 114 valence electrons. The first kappa shape index (κ1) is 16.4. The van der Waals surface area contributed by atoms with E-state index in [0.717, 1.165) is 35.0 Å². The molecule has 1 amide bonds. The molecule has 3 nitrogen and oxygen atoms in total. The largest absolute Gasteiger partial charge is 0.272 e. The number of hydrogen-bond donors (Lipinski definition) is 1. The van der Waals surface area contributed by atoms with Crippen LogP contribution in [0, 0.1) is 0 Å². The van der Waals surface area contributed by atoms with Crippen LogP contribution in [-0.2, 0) is 0 Å². The minimum Gasteiger partial charge on any atom is -0.267 e. The molecule has 0 atom stereocenters. The lowest BCUT2D eigenvalue weighted by Gasteiger charge is -2.08. The Hall–Kier alpha value is -1.94. The van der Waals surface area contributed by atoms with E-state index in [1.807, 2.05) is 48.5 Å². The third-order valence-corrected chi connectivity index (χ3v) is 3.98. The number of nitrogens with one attached hydrogen (secondary N) is 1. The summed E-state index contributed by atoms with van der Waals surface area (Å²) in [6, 6.07) is 17.3. The number of rotatable bonds is 6. The summed E-state index contributed by atoms with van der Waals surface area (Å²) in [5, 5.41) is 4.35. The van der Waals surface area contributed by atoms with Crippen LogP contribution in [0.5, 0.6) is 0 Å². The van der Waals surface area contributed by atoms with Crippen molar-refractivity contribution in [3.8, 4) is 0 Å². The molecule has 4 heteroatoms. The van der Waals surface area contributed by atoms with Crippen LogP contribution < -0.4 is 5.43 Å². The molecule has 0 spiro atoms. The van der Waals surface area contributed by atoms with Gasteiger partial charge < -0.3 is 0 Å². The fraction of sp³-hybridized carbons (Fsp3) is 0.222. The molecule has 2 rings (SSSR count). The van der Waals surface area contributed by atoms with Gasteiger partial charge in [-0.05, 0) is 46.5 Å². The van der Waals surface area contributed by atoms with E-state index in [1.54, 1.807) is 6.07 Å². The Bertz CT molecular complexity index is 653. The number of benzene rings is 2. The Balaban J connectivity index is 2.16. The highest BCUT2D eigenvalue weighted by Crippen LogP contribution is 2.15. The first-order valence-electron chi connectivity index (χ1n) is 7.39. The van der Waals surface area contributed by atoms with Gasteiger partial charge in [0.25, 0.3) is 5.91 Å². The second-order valence-electron chi connectivity index (χ2n) is 4.95. The van der Waals surface area contributed by atoms with Crippen LogP contribution in [0.3, 0.4) is 0 Å². The molecule has 0 unspecified atom stereocenters. The molecule has 0 heterocycles. The van der Waals surface area contributed by atoms with E-state index in [2.05, 4.69) is 33.4 Å². The summed E-state index contributed by atoms with van der Waals surface area (Å²) >= 11 is 3.38. The van der Waals surface area contributed by atoms with Crippen molar-refractivity contribution in [1.82, 2.24) is 5.43 Å². The van der Waals surface area contributed by atoms with Crippen molar-refractivity contribution in [1.29, 1.82) is 0 Å². The molecule has 2 aromatic carbocycles. The molecule has 0 saturated carbocycles. The average molecular weight is 359 g/mol. The molecule has 0 bridgehead atoms. The standard InChI is InChI=1S/C18H19BrN2O/c1-2-3-13-17(14-9-5-4-6-10-14)20-21-18(22)15-11-7-8-12-16(15)19/h4-12H,2-3,13H2,1H3,(H,21,22). The van der Waals surface area contributed by atoms with Crippen LogP contribution in [0.2, 0.25) is 0 Å². The molecule has 0 aromatic heterocycles. The SMILES string of the molecule is CCCCC(=NNC(=O)c1ccccc1Br)c1ccccc1. The van der Waals surface area contributed by atoms with Crippen LogP contribution in [0.15, 0.2) is 64.2 Å². The fourth-order valence-corrected chi connectivity index (χ4v) is 2.53. The molecular formula is C18H19BrN2O. The molecule has 1 N–H and O–H groups in total.